The highest BCUT2D eigenvalue weighted by atomic mass is 16.5. The number of pyridine rings is 1. The molecule has 2 atom stereocenters. The number of ether oxygens (including phenoxy) is 3. The molecule has 0 saturated heterocycles. The number of nitrogens with zero attached hydrogens (tertiary/aromatic N) is 3. The molecule has 0 fully saturated rings. The molecule has 0 bridgehead atoms. The van der Waals surface area contributed by atoms with E-state index in [0.29, 0.717) is 36.7 Å². The first-order chi connectivity index (χ1) is 15.7. The summed E-state index contributed by atoms with van der Waals surface area (Å²) < 4.78 is 20.4. The van der Waals surface area contributed by atoms with Crippen molar-refractivity contribution in [3.05, 3.63) is 46.2 Å². The molecule has 3 aromatic rings. The molecule has 1 N–H and O–H groups in total. The molecule has 1 aliphatic heterocycles. The number of carboxylic acids is 1. The molecule has 3 heterocycles. The third kappa shape index (κ3) is 4.14. The first kappa shape index (κ1) is 23.0. The van der Waals surface area contributed by atoms with Gasteiger partial charge in [-0.2, -0.15) is 5.10 Å². The predicted molar refractivity (Wildman–Crippen MR) is 123 cm³/mol. The van der Waals surface area contributed by atoms with Crippen LogP contribution in [-0.4, -0.2) is 59.0 Å². The summed E-state index contributed by atoms with van der Waals surface area (Å²) in [6.45, 7) is 7.50. The summed E-state index contributed by atoms with van der Waals surface area (Å²) >= 11 is 0. The molecule has 0 amide bonds. The predicted octanol–water partition coefficient (Wildman–Crippen LogP) is 3.20. The van der Waals surface area contributed by atoms with Gasteiger partial charge in [0.2, 0.25) is 0 Å². The molecule has 0 aliphatic carbocycles. The Bertz CT molecular complexity index is 1250. The lowest BCUT2D eigenvalue weighted by atomic mass is 9.85. The maximum Gasteiger partial charge on any atom is 0.341 e. The summed E-state index contributed by atoms with van der Waals surface area (Å²) in [4.78, 5) is 24.3. The topological polar surface area (TPSA) is 105 Å². The summed E-state index contributed by atoms with van der Waals surface area (Å²) in [7, 11) is 3.21. The molecule has 9 nitrogen and oxygen atoms in total. The largest absolute Gasteiger partial charge is 0.488 e. The zero-order valence-corrected chi connectivity index (χ0v) is 19.5. The average Bonchev–Trinajstić information content (AvgIpc) is 3.14. The minimum Gasteiger partial charge on any atom is -0.488 e. The average molecular weight is 456 g/mol. The first-order valence-corrected chi connectivity index (χ1v) is 10.8. The molecule has 9 heteroatoms. The lowest BCUT2D eigenvalue weighted by Crippen LogP contribution is -2.35. The smallest absolute Gasteiger partial charge is 0.341 e. The van der Waals surface area contributed by atoms with Crippen LogP contribution in [-0.2, 0) is 16.0 Å². The van der Waals surface area contributed by atoms with Crippen molar-refractivity contribution in [1.82, 2.24) is 14.3 Å². The molecule has 33 heavy (non-hydrogen) atoms. The highest BCUT2D eigenvalue weighted by Gasteiger charge is 2.35. The molecule has 0 spiro atoms. The molecule has 1 aliphatic rings. The van der Waals surface area contributed by atoms with Crippen molar-refractivity contribution in [2.75, 3.05) is 27.4 Å². The number of carbonyl (C=O) groups is 1. The van der Waals surface area contributed by atoms with Gasteiger partial charge >= 0.3 is 5.97 Å². The first-order valence-electron chi connectivity index (χ1n) is 10.8. The Hall–Kier alpha value is -3.17. The Labute approximate surface area is 191 Å². The van der Waals surface area contributed by atoms with Crippen LogP contribution in [0, 0.1) is 5.41 Å². The number of carboxylic acid groups (broad SMARTS) is 1. The Morgan fingerprint density at radius 2 is 2.03 bits per heavy atom. The number of methoxy groups -OCH3 is 2. The fraction of sp³-hybridized carbons (Fsp3) is 0.458. The van der Waals surface area contributed by atoms with Crippen LogP contribution in [0.3, 0.4) is 0 Å². The fourth-order valence-corrected chi connectivity index (χ4v) is 4.30. The van der Waals surface area contributed by atoms with Crippen molar-refractivity contribution in [3.8, 4) is 17.1 Å². The molecule has 1 aromatic carbocycles. The van der Waals surface area contributed by atoms with Gasteiger partial charge in [0, 0.05) is 31.9 Å². The van der Waals surface area contributed by atoms with Crippen molar-refractivity contribution in [2.24, 2.45) is 5.41 Å². The van der Waals surface area contributed by atoms with Crippen LogP contribution in [0.4, 0.5) is 0 Å². The van der Waals surface area contributed by atoms with Gasteiger partial charge in [-0.05, 0) is 11.5 Å². The molecular formula is C24H29N3O6. The number of hydrogen-bond acceptors (Lipinski definition) is 6. The summed E-state index contributed by atoms with van der Waals surface area (Å²) in [6, 6.07) is 6.96. The van der Waals surface area contributed by atoms with Crippen LogP contribution in [0.25, 0.3) is 22.3 Å². The van der Waals surface area contributed by atoms with Crippen LogP contribution >= 0.6 is 0 Å². The van der Waals surface area contributed by atoms with Gasteiger partial charge in [-0.1, -0.05) is 32.9 Å². The SMILES string of the molecule is COCC(COc1cccc2c3n(nc12)C[C@H](C(C)(C)C)n1cc(C(=O)O)c(=O)cc1-3)OC. The van der Waals surface area contributed by atoms with Crippen LogP contribution in [0.2, 0.25) is 0 Å². The number of aromatic carboxylic acids is 1. The van der Waals surface area contributed by atoms with Gasteiger partial charge in [0.05, 0.1) is 30.6 Å². The van der Waals surface area contributed by atoms with Crippen LogP contribution in [0.5, 0.6) is 5.75 Å². The van der Waals surface area contributed by atoms with Crippen molar-refractivity contribution in [2.45, 2.75) is 39.5 Å². The quantitative estimate of drug-likeness (QED) is 0.583. The number of fused-ring (bicyclic) bond motifs is 5. The number of hydrogen-bond donors (Lipinski definition) is 1. The molecule has 0 saturated carbocycles. The van der Waals surface area contributed by atoms with E-state index in [2.05, 4.69) is 20.8 Å². The molecule has 1 unspecified atom stereocenters. The molecular weight excluding hydrogens is 426 g/mol. The van der Waals surface area contributed by atoms with Crippen molar-refractivity contribution < 1.29 is 24.1 Å². The third-order valence-electron chi connectivity index (χ3n) is 6.08. The van der Waals surface area contributed by atoms with Gasteiger partial charge in [0.1, 0.15) is 29.5 Å². The molecule has 176 valence electrons. The lowest BCUT2D eigenvalue weighted by molar-refractivity contribution is 0.00114. The second-order valence-corrected chi connectivity index (χ2v) is 9.34. The van der Waals surface area contributed by atoms with Gasteiger partial charge in [0.15, 0.2) is 5.43 Å². The van der Waals surface area contributed by atoms with Crippen LogP contribution in [0.1, 0.15) is 37.2 Å². The lowest BCUT2D eigenvalue weighted by Gasteiger charge is -2.38. The number of benzene rings is 1. The fourth-order valence-electron chi connectivity index (χ4n) is 4.30. The minimum atomic E-state index is -1.23. The van der Waals surface area contributed by atoms with E-state index in [1.165, 1.54) is 12.3 Å². The van der Waals surface area contributed by atoms with E-state index < -0.39 is 11.4 Å². The number of rotatable bonds is 7. The standard InChI is InChI=1S/C24H29N3O6/c1-24(2,3)20-11-27-22(17-9-18(28)16(23(29)30)10-26(17)20)15-7-6-8-19(21(15)25-27)33-13-14(32-5)12-31-4/h6-10,14,20H,11-13H2,1-5H3,(H,29,30)/t14?,20-/m1/s1. The van der Waals surface area contributed by atoms with E-state index >= 15 is 0 Å². The van der Waals surface area contributed by atoms with Gasteiger partial charge < -0.3 is 23.9 Å². The summed E-state index contributed by atoms with van der Waals surface area (Å²) in [5, 5.41) is 15.2. The van der Waals surface area contributed by atoms with E-state index in [1.54, 1.807) is 14.2 Å². The minimum absolute atomic E-state index is 0.100. The van der Waals surface area contributed by atoms with E-state index in [0.717, 1.165) is 11.1 Å². The highest BCUT2D eigenvalue weighted by molar-refractivity contribution is 5.96. The Kier molecular flexibility index (Phi) is 6.02. The van der Waals surface area contributed by atoms with Gasteiger partial charge in [-0.3, -0.25) is 9.48 Å². The third-order valence-corrected chi connectivity index (χ3v) is 6.08. The Balaban J connectivity index is 1.87. The maximum atomic E-state index is 12.6. The van der Waals surface area contributed by atoms with E-state index in [1.807, 2.05) is 27.4 Å². The van der Waals surface area contributed by atoms with Crippen molar-refractivity contribution >= 4 is 16.9 Å². The summed E-state index contributed by atoms with van der Waals surface area (Å²) in [5.74, 6) is -0.623. The van der Waals surface area contributed by atoms with E-state index in [-0.39, 0.29) is 23.1 Å². The molecule has 0 radical (unpaired) electrons. The summed E-state index contributed by atoms with van der Waals surface area (Å²) in [6.07, 6.45) is 1.24. The van der Waals surface area contributed by atoms with Crippen molar-refractivity contribution in [1.29, 1.82) is 0 Å². The molecule has 4 rings (SSSR count). The Morgan fingerprint density at radius 3 is 2.67 bits per heavy atom. The highest BCUT2D eigenvalue weighted by Crippen LogP contribution is 2.43. The summed E-state index contributed by atoms with van der Waals surface area (Å²) in [5.41, 5.74) is 1.11. The van der Waals surface area contributed by atoms with Gasteiger partial charge in [0.25, 0.3) is 0 Å². The van der Waals surface area contributed by atoms with Crippen LogP contribution < -0.4 is 10.2 Å². The van der Waals surface area contributed by atoms with Gasteiger partial charge in [-0.15, -0.1) is 0 Å². The second kappa shape index (κ2) is 8.64. The van der Waals surface area contributed by atoms with E-state index in [9.17, 15) is 14.7 Å². The van der Waals surface area contributed by atoms with Crippen LogP contribution in [0.15, 0.2) is 35.3 Å². The normalized spacial score (nSPS) is 16.3. The monoisotopic (exact) mass is 455 g/mol. The Morgan fingerprint density at radius 1 is 1.27 bits per heavy atom. The second-order valence-electron chi connectivity index (χ2n) is 9.34. The maximum absolute atomic E-state index is 12.6. The number of aromatic nitrogens is 3. The van der Waals surface area contributed by atoms with E-state index in [4.69, 9.17) is 19.3 Å². The zero-order chi connectivity index (χ0) is 23.9. The zero-order valence-electron chi connectivity index (χ0n) is 19.5. The molecule has 2 aromatic heterocycles. The van der Waals surface area contributed by atoms with Crippen molar-refractivity contribution in [3.63, 3.8) is 0 Å². The van der Waals surface area contributed by atoms with Gasteiger partial charge in [-0.25, -0.2) is 4.79 Å².